The molecule has 0 aromatic heterocycles. The van der Waals surface area contributed by atoms with Crippen LogP contribution in [0.4, 0.5) is 0 Å². The molecule has 0 bridgehead atoms. The van der Waals surface area contributed by atoms with Crippen molar-refractivity contribution in [2.24, 2.45) is 22.4 Å². The number of carbonyl (C=O) groups excluding carboxylic acids is 2. The molecule has 6 nitrogen and oxygen atoms in total. The molecule has 0 spiro atoms. The second-order valence-corrected chi connectivity index (χ2v) is 4.25. The minimum absolute atomic E-state index is 0.0149. The largest absolute Gasteiger partial charge is 0.370 e. The Morgan fingerprint density at radius 1 is 1.56 bits per heavy atom. The third kappa shape index (κ3) is 2.32. The number of nitrogens with two attached hydrogens (primary N) is 2. The molecule has 1 aliphatic rings. The summed E-state index contributed by atoms with van der Waals surface area (Å²) in [5.41, 5.74) is 9.66. The Morgan fingerprint density at radius 2 is 2.19 bits per heavy atom. The van der Waals surface area contributed by atoms with Gasteiger partial charge in [-0.2, -0.15) is 0 Å². The van der Waals surface area contributed by atoms with Crippen molar-refractivity contribution in [1.29, 1.82) is 0 Å². The van der Waals surface area contributed by atoms with Gasteiger partial charge in [0.05, 0.1) is 5.92 Å². The predicted molar refractivity (Wildman–Crippen MR) is 60.6 cm³/mol. The molecule has 1 amide bonds. The highest BCUT2D eigenvalue weighted by molar-refractivity contribution is 6.02. The fraction of sp³-hybridized carbons (Fsp3) is 0.700. The summed E-state index contributed by atoms with van der Waals surface area (Å²) in [7, 11) is 0. The predicted octanol–water partition coefficient (Wildman–Crippen LogP) is -0.866. The van der Waals surface area contributed by atoms with E-state index in [2.05, 4.69) is 10.3 Å². The Bertz CT molecular complexity index is 336. The summed E-state index contributed by atoms with van der Waals surface area (Å²) >= 11 is 0. The second-order valence-electron chi connectivity index (χ2n) is 4.25. The molecular formula is C10H18N4O2. The number of aliphatic imine (C=N–C) groups is 1. The molecule has 0 radical (unpaired) electrons. The van der Waals surface area contributed by atoms with Crippen LogP contribution in [0.1, 0.15) is 26.7 Å². The molecule has 0 aromatic rings. The highest BCUT2D eigenvalue weighted by Crippen LogP contribution is 2.31. The third-order valence-corrected chi connectivity index (χ3v) is 3.07. The fourth-order valence-corrected chi connectivity index (χ4v) is 1.87. The van der Waals surface area contributed by atoms with Crippen LogP contribution >= 0.6 is 0 Å². The second kappa shape index (κ2) is 4.51. The van der Waals surface area contributed by atoms with E-state index in [9.17, 15) is 9.59 Å². The van der Waals surface area contributed by atoms with Crippen molar-refractivity contribution in [2.75, 3.05) is 6.54 Å². The van der Waals surface area contributed by atoms with E-state index in [1.54, 1.807) is 6.92 Å². The lowest BCUT2D eigenvalue weighted by molar-refractivity contribution is -0.149. The van der Waals surface area contributed by atoms with Crippen LogP contribution < -0.4 is 16.8 Å². The Kier molecular flexibility index (Phi) is 3.51. The number of hydrogen-bond acceptors (Lipinski definition) is 3. The van der Waals surface area contributed by atoms with E-state index in [0.717, 1.165) is 0 Å². The van der Waals surface area contributed by atoms with E-state index in [1.165, 1.54) is 6.92 Å². The molecule has 0 aliphatic carbocycles. The maximum absolute atomic E-state index is 11.4. The molecule has 1 rings (SSSR count). The number of amides is 1. The van der Waals surface area contributed by atoms with Gasteiger partial charge in [-0.3, -0.25) is 14.6 Å². The Hall–Kier alpha value is -1.59. The van der Waals surface area contributed by atoms with Crippen molar-refractivity contribution in [3.05, 3.63) is 0 Å². The molecule has 1 aliphatic heterocycles. The van der Waals surface area contributed by atoms with Crippen molar-refractivity contribution < 1.29 is 9.59 Å². The number of ketones is 1. The maximum Gasteiger partial charge on any atom is 0.226 e. The molecule has 0 saturated carbocycles. The van der Waals surface area contributed by atoms with Gasteiger partial charge < -0.3 is 16.8 Å². The lowest BCUT2D eigenvalue weighted by atomic mass is 9.72. The zero-order valence-corrected chi connectivity index (χ0v) is 9.62. The average molecular weight is 226 g/mol. The van der Waals surface area contributed by atoms with Gasteiger partial charge in [-0.25, -0.2) is 0 Å². The number of hydrogen-bond donors (Lipinski definition) is 3. The van der Waals surface area contributed by atoms with Gasteiger partial charge in [0.2, 0.25) is 5.91 Å². The third-order valence-electron chi connectivity index (χ3n) is 3.07. The van der Waals surface area contributed by atoms with Crippen LogP contribution in [0.15, 0.2) is 4.99 Å². The lowest BCUT2D eigenvalue weighted by Gasteiger charge is -2.45. The van der Waals surface area contributed by atoms with Crippen molar-refractivity contribution in [2.45, 2.75) is 32.2 Å². The fourth-order valence-electron chi connectivity index (χ4n) is 1.87. The zero-order valence-electron chi connectivity index (χ0n) is 9.62. The molecule has 1 saturated heterocycles. The van der Waals surface area contributed by atoms with Crippen molar-refractivity contribution in [3.63, 3.8) is 0 Å². The molecule has 1 heterocycles. The van der Waals surface area contributed by atoms with Crippen LogP contribution in [-0.4, -0.2) is 29.7 Å². The summed E-state index contributed by atoms with van der Waals surface area (Å²) in [4.78, 5) is 26.5. The molecule has 0 aromatic carbocycles. The average Bonchev–Trinajstić information content (AvgIpc) is 2.16. The van der Waals surface area contributed by atoms with Crippen molar-refractivity contribution in [1.82, 2.24) is 5.32 Å². The van der Waals surface area contributed by atoms with E-state index in [4.69, 9.17) is 11.5 Å². The van der Waals surface area contributed by atoms with Crippen LogP contribution in [0.25, 0.3) is 0 Å². The van der Waals surface area contributed by atoms with E-state index in [1.807, 2.05) is 0 Å². The zero-order chi connectivity index (χ0) is 12.3. The van der Waals surface area contributed by atoms with Crippen LogP contribution in [0, 0.1) is 5.92 Å². The van der Waals surface area contributed by atoms with Crippen LogP contribution in [-0.2, 0) is 9.59 Å². The Labute approximate surface area is 94.5 Å². The first-order valence-corrected chi connectivity index (χ1v) is 5.26. The quantitative estimate of drug-likeness (QED) is 0.245. The molecule has 2 unspecified atom stereocenters. The molecule has 6 heteroatoms. The first-order chi connectivity index (χ1) is 7.38. The van der Waals surface area contributed by atoms with Crippen molar-refractivity contribution in [3.8, 4) is 0 Å². The minimum Gasteiger partial charge on any atom is -0.370 e. The van der Waals surface area contributed by atoms with Gasteiger partial charge in [0.1, 0.15) is 5.54 Å². The summed E-state index contributed by atoms with van der Waals surface area (Å²) in [6, 6.07) is 0. The van der Waals surface area contributed by atoms with Crippen LogP contribution in [0.5, 0.6) is 0 Å². The van der Waals surface area contributed by atoms with E-state index < -0.39 is 5.54 Å². The molecule has 2 atom stereocenters. The highest BCUT2D eigenvalue weighted by Gasteiger charge is 2.52. The number of rotatable bonds is 5. The number of guanidine groups is 1. The molecular weight excluding hydrogens is 208 g/mol. The first-order valence-electron chi connectivity index (χ1n) is 5.26. The van der Waals surface area contributed by atoms with Crippen LogP contribution in [0.3, 0.4) is 0 Å². The first kappa shape index (κ1) is 12.5. The maximum atomic E-state index is 11.4. The summed E-state index contributed by atoms with van der Waals surface area (Å²) in [6.45, 7) is 3.73. The number of carbonyl (C=O) groups is 2. The van der Waals surface area contributed by atoms with E-state index in [0.29, 0.717) is 19.4 Å². The van der Waals surface area contributed by atoms with Gasteiger partial charge in [0, 0.05) is 6.54 Å². The topological polar surface area (TPSA) is 111 Å². The van der Waals surface area contributed by atoms with Gasteiger partial charge in [-0.05, 0) is 26.7 Å². The minimum atomic E-state index is -0.699. The normalized spacial score (nSPS) is 27.9. The summed E-state index contributed by atoms with van der Waals surface area (Å²) < 4.78 is 0. The number of nitrogens with one attached hydrogen (secondary N) is 1. The van der Waals surface area contributed by atoms with Gasteiger partial charge in [-0.1, -0.05) is 0 Å². The number of nitrogens with zero attached hydrogens (tertiary/aromatic N) is 1. The van der Waals surface area contributed by atoms with Gasteiger partial charge in [0.15, 0.2) is 11.7 Å². The monoisotopic (exact) mass is 226 g/mol. The molecule has 5 N–H and O–H groups in total. The standard InChI is InChI=1S/C10H18N4O2/c1-6(15)10(2)7(8(16)14-10)4-3-5-13-9(11)12/h7H,3-5H2,1-2H3,(H,14,16)(H4,11,12,13). The van der Waals surface area contributed by atoms with E-state index in [-0.39, 0.29) is 23.6 Å². The lowest BCUT2D eigenvalue weighted by Crippen LogP contribution is -2.70. The summed E-state index contributed by atoms with van der Waals surface area (Å²) in [5, 5.41) is 2.64. The Morgan fingerprint density at radius 3 is 2.62 bits per heavy atom. The van der Waals surface area contributed by atoms with E-state index >= 15 is 0 Å². The Balaban J connectivity index is 2.44. The smallest absolute Gasteiger partial charge is 0.226 e. The molecule has 90 valence electrons. The number of β-lactam (4-membered cyclic amide) rings is 1. The summed E-state index contributed by atoms with van der Waals surface area (Å²) in [6.07, 6.45) is 1.32. The SMILES string of the molecule is CC(=O)C1(C)NC(=O)C1CCCN=C(N)N. The van der Waals surface area contributed by atoms with Gasteiger partial charge in [-0.15, -0.1) is 0 Å². The molecule has 16 heavy (non-hydrogen) atoms. The highest BCUT2D eigenvalue weighted by atomic mass is 16.2. The van der Waals surface area contributed by atoms with Crippen molar-refractivity contribution >= 4 is 17.6 Å². The van der Waals surface area contributed by atoms with Gasteiger partial charge in [0.25, 0.3) is 0 Å². The van der Waals surface area contributed by atoms with Crippen LogP contribution in [0.2, 0.25) is 0 Å². The van der Waals surface area contributed by atoms with Gasteiger partial charge >= 0.3 is 0 Å². The molecule has 1 fully saturated rings. The number of Topliss-reactive ketones (excluding diaryl/α,β-unsaturated/α-hetero) is 1. The summed E-state index contributed by atoms with van der Waals surface area (Å²) in [5.74, 6) is -0.284.